The Hall–Kier alpha value is -1.72. The lowest BCUT2D eigenvalue weighted by molar-refractivity contribution is 0.0861. The van der Waals surface area contributed by atoms with Crippen molar-refractivity contribution in [3.63, 3.8) is 0 Å². The molecule has 1 atom stereocenters. The number of rotatable bonds is 3. The molecule has 0 aliphatic carbocycles. The minimum atomic E-state index is -0.307. The van der Waals surface area contributed by atoms with E-state index in [2.05, 4.69) is 15.3 Å². The number of carbonyl (C=O) groups excluding carboxylic acids is 1. The van der Waals surface area contributed by atoms with E-state index in [4.69, 9.17) is 5.73 Å². The molecule has 114 valence electrons. The fourth-order valence-electron chi connectivity index (χ4n) is 3.94. The van der Waals surface area contributed by atoms with Gasteiger partial charge in [-0.25, -0.2) is 0 Å². The summed E-state index contributed by atoms with van der Waals surface area (Å²) in [5.41, 5.74) is 8.83. The Kier molecular flexibility index (Phi) is 3.47. The lowest BCUT2D eigenvalue weighted by Gasteiger charge is -2.45. The smallest absolute Gasteiger partial charge is 0.259 e. The van der Waals surface area contributed by atoms with E-state index in [1.165, 1.54) is 37.3 Å². The number of amides is 1. The second-order valence-electron chi connectivity index (χ2n) is 6.22. The standard InChI is InChI=1S/C17H19N3OS/c18-17(21)16-15(12-9-20-7-4-11(12)5-8-20)13(10-22-16)14-3-1-2-6-19-14/h1-3,6,10-12H,4-5,7-9H2,(H2,18,21). The van der Waals surface area contributed by atoms with Crippen molar-refractivity contribution in [1.82, 2.24) is 9.88 Å². The molecule has 0 radical (unpaired) electrons. The maximum absolute atomic E-state index is 11.9. The van der Waals surface area contributed by atoms with Gasteiger partial charge < -0.3 is 10.6 Å². The van der Waals surface area contributed by atoms with Crippen molar-refractivity contribution in [2.24, 2.45) is 11.7 Å². The predicted octanol–water partition coefficient (Wildman–Crippen LogP) is 2.72. The van der Waals surface area contributed by atoms with Crippen LogP contribution in [0, 0.1) is 5.92 Å². The number of piperidine rings is 3. The van der Waals surface area contributed by atoms with Crippen LogP contribution in [0.3, 0.4) is 0 Å². The van der Waals surface area contributed by atoms with E-state index < -0.39 is 0 Å². The van der Waals surface area contributed by atoms with Crippen molar-refractivity contribution >= 4 is 17.2 Å². The average molecular weight is 313 g/mol. The number of nitrogens with two attached hydrogens (primary N) is 1. The Morgan fingerprint density at radius 3 is 2.73 bits per heavy atom. The zero-order valence-electron chi connectivity index (χ0n) is 12.4. The van der Waals surface area contributed by atoms with Gasteiger partial charge in [0.25, 0.3) is 5.91 Å². The van der Waals surface area contributed by atoms with Crippen molar-refractivity contribution in [3.05, 3.63) is 40.2 Å². The van der Waals surface area contributed by atoms with Gasteiger partial charge >= 0.3 is 0 Å². The van der Waals surface area contributed by atoms with Crippen LogP contribution in [0.15, 0.2) is 29.8 Å². The van der Waals surface area contributed by atoms with Gasteiger partial charge in [0, 0.05) is 29.6 Å². The van der Waals surface area contributed by atoms with E-state index in [1.54, 1.807) is 6.20 Å². The molecule has 1 unspecified atom stereocenters. The number of pyridine rings is 1. The quantitative estimate of drug-likeness (QED) is 0.948. The number of thiophene rings is 1. The van der Waals surface area contributed by atoms with Crippen LogP contribution in [-0.4, -0.2) is 35.4 Å². The van der Waals surface area contributed by atoms with Crippen molar-refractivity contribution in [1.29, 1.82) is 0 Å². The molecule has 3 aliphatic rings. The zero-order valence-corrected chi connectivity index (χ0v) is 13.2. The molecule has 2 aromatic rings. The topological polar surface area (TPSA) is 59.2 Å². The summed E-state index contributed by atoms with van der Waals surface area (Å²) in [6.45, 7) is 3.42. The van der Waals surface area contributed by atoms with Gasteiger partial charge in [0.1, 0.15) is 0 Å². The average Bonchev–Trinajstić information content (AvgIpc) is 3.02. The Balaban J connectivity index is 1.82. The first-order valence-electron chi connectivity index (χ1n) is 7.79. The first-order valence-corrected chi connectivity index (χ1v) is 8.67. The van der Waals surface area contributed by atoms with Gasteiger partial charge in [-0.1, -0.05) is 6.07 Å². The maximum Gasteiger partial charge on any atom is 0.259 e. The summed E-state index contributed by atoms with van der Waals surface area (Å²) >= 11 is 1.47. The van der Waals surface area contributed by atoms with Gasteiger partial charge in [0.05, 0.1) is 10.6 Å². The predicted molar refractivity (Wildman–Crippen MR) is 88.0 cm³/mol. The number of nitrogens with zero attached hydrogens (tertiary/aromatic N) is 2. The number of carbonyl (C=O) groups is 1. The molecule has 0 spiro atoms. The van der Waals surface area contributed by atoms with Crippen LogP contribution in [-0.2, 0) is 0 Å². The van der Waals surface area contributed by atoms with Crippen molar-refractivity contribution < 1.29 is 4.79 Å². The van der Waals surface area contributed by atoms with Crippen molar-refractivity contribution in [3.8, 4) is 11.3 Å². The van der Waals surface area contributed by atoms with Crippen LogP contribution < -0.4 is 5.73 Å². The molecule has 5 heteroatoms. The van der Waals surface area contributed by atoms with Crippen LogP contribution >= 0.6 is 11.3 Å². The third-order valence-corrected chi connectivity index (χ3v) is 6.03. The summed E-state index contributed by atoms with van der Waals surface area (Å²) in [7, 11) is 0. The number of aromatic nitrogens is 1. The van der Waals surface area contributed by atoms with Crippen LogP contribution in [0.1, 0.15) is 34.0 Å². The van der Waals surface area contributed by atoms with Crippen molar-refractivity contribution in [2.75, 3.05) is 19.6 Å². The van der Waals surface area contributed by atoms with Crippen LogP contribution in [0.2, 0.25) is 0 Å². The lowest BCUT2D eigenvalue weighted by Crippen LogP contribution is -2.46. The number of fused-ring (bicyclic) bond motifs is 3. The maximum atomic E-state index is 11.9. The number of hydrogen-bond acceptors (Lipinski definition) is 4. The highest BCUT2D eigenvalue weighted by Crippen LogP contribution is 2.45. The molecular weight excluding hydrogens is 294 g/mol. The second kappa shape index (κ2) is 5.48. The van der Waals surface area contributed by atoms with E-state index in [0.29, 0.717) is 11.8 Å². The second-order valence-corrected chi connectivity index (χ2v) is 7.10. The first-order chi connectivity index (χ1) is 10.7. The highest BCUT2D eigenvalue weighted by atomic mass is 32.1. The van der Waals surface area contributed by atoms with E-state index in [1.807, 2.05) is 18.2 Å². The van der Waals surface area contributed by atoms with Gasteiger partial charge in [0.15, 0.2) is 0 Å². The van der Waals surface area contributed by atoms with Gasteiger partial charge in [-0.15, -0.1) is 11.3 Å². The number of hydrogen-bond donors (Lipinski definition) is 1. The molecule has 3 saturated heterocycles. The molecule has 3 aliphatic heterocycles. The largest absolute Gasteiger partial charge is 0.365 e. The van der Waals surface area contributed by atoms with Crippen LogP contribution in [0.25, 0.3) is 11.3 Å². The third kappa shape index (κ3) is 2.25. The highest BCUT2D eigenvalue weighted by molar-refractivity contribution is 7.12. The van der Waals surface area contributed by atoms with Gasteiger partial charge in [-0.2, -0.15) is 0 Å². The normalized spacial score (nSPS) is 27.0. The summed E-state index contributed by atoms with van der Waals surface area (Å²) < 4.78 is 0. The van der Waals surface area contributed by atoms with Gasteiger partial charge in [-0.05, 0) is 49.5 Å². The zero-order chi connectivity index (χ0) is 15.1. The third-order valence-electron chi connectivity index (χ3n) is 5.02. The molecule has 4 nitrogen and oxygen atoms in total. The molecular formula is C17H19N3OS. The van der Waals surface area contributed by atoms with E-state index in [9.17, 15) is 4.79 Å². The number of primary amides is 1. The summed E-state index contributed by atoms with van der Waals surface area (Å²) in [5, 5.41) is 2.05. The minimum Gasteiger partial charge on any atom is -0.365 e. The molecule has 0 aromatic carbocycles. The minimum absolute atomic E-state index is 0.307. The van der Waals surface area contributed by atoms with Crippen molar-refractivity contribution in [2.45, 2.75) is 18.8 Å². The Morgan fingerprint density at radius 2 is 2.14 bits per heavy atom. The fourth-order valence-corrected chi connectivity index (χ4v) is 4.93. The summed E-state index contributed by atoms with van der Waals surface area (Å²) in [5.74, 6) is 0.770. The highest BCUT2D eigenvalue weighted by Gasteiger charge is 2.38. The summed E-state index contributed by atoms with van der Waals surface area (Å²) in [6.07, 6.45) is 4.25. The van der Waals surface area contributed by atoms with E-state index in [0.717, 1.165) is 28.2 Å². The molecule has 22 heavy (non-hydrogen) atoms. The molecule has 2 bridgehead atoms. The molecule has 5 heterocycles. The lowest BCUT2D eigenvalue weighted by atomic mass is 9.74. The fraction of sp³-hybridized carbons (Fsp3) is 0.412. The Morgan fingerprint density at radius 1 is 1.32 bits per heavy atom. The molecule has 0 saturated carbocycles. The van der Waals surface area contributed by atoms with Crippen LogP contribution in [0.5, 0.6) is 0 Å². The molecule has 2 aromatic heterocycles. The van der Waals surface area contributed by atoms with Gasteiger partial charge in [-0.3, -0.25) is 9.78 Å². The molecule has 1 amide bonds. The first kappa shape index (κ1) is 13.9. The Bertz CT molecular complexity index is 689. The molecule has 2 N–H and O–H groups in total. The molecule has 3 fully saturated rings. The SMILES string of the molecule is NC(=O)c1scc(-c2ccccn2)c1C1CN2CCC1CC2. The summed E-state index contributed by atoms with van der Waals surface area (Å²) in [6, 6.07) is 5.92. The monoisotopic (exact) mass is 313 g/mol. The van der Waals surface area contributed by atoms with E-state index >= 15 is 0 Å². The molecule has 5 rings (SSSR count). The Labute approximate surface area is 134 Å². The van der Waals surface area contributed by atoms with Crippen LogP contribution in [0.4, 0.5) is 0 Å². The summed E-state index contributed by atoms with van der Waals surface area (Å²) in [4.78, 5) is 19.6. The van der Waals surface area contributed by atoms with Gasteiger partial charge in [0.2, 0.25) is 0 Å². The van der Waals surface area contributed by atoms with E-state index in [-0.39, 0.29) is 5.91 Å².